The summed E-state index contributed by atoms with van der Waals surface area (Å²) >= 11 is 0. The highest BCUT2D eigenvalue weighted by Crippen LogP contribution is 2.25. The van der Waals surface area contributed by atoms with Crippen LogP contribution in [0.25, 0.3) is 0 Å². The predicted molar refractivity (Wildman–Crippen MR) is 120 cm³/mol. The molecule has 154 valence electrons. The summed E-state index contributed by atoms with van der Waals surface area (Å²) in [6.45, 7) is 4.06. The van der Waals surface area contributed by atoms with Gasteiger partial charge >= 0.3 is 0 Å². The zero-order valence-electron chi connectivity index (χ0n) is 17.5. The molecule has 0 aliphatic carbocycles. The molecule has 3 aromatic carbocycles. The number of carbonyl (C=O) groups excluding carboxylic acids is 2. The van der Waals surface area contributed by atoms with E-state index in [1.165, 1.54) is 0 Å². The quantitative estimate of drug-likeness (QED) is 0.598. The number of ether oxygens (including phenoxy) is 1. The third-order valence-electron chi connectivity index (χ3n) is 4.74. The average molecular weight is 402 g/mol. The third kappa shape index (κ3) is 5.26. The topological polar surface area (TPSA) is 58.6 Å². The molecule has 0 fully saturated rings. The number of benzene rings is 3. The average Bonchev–Trinajstić information content (AvgIpc) is 2.77. The molecule has 0 aliphatic rings. The summed E-state index contributed by atoms with van der Waals surface area (Å²) in [7, 11) is 1.73. The zero-order chi connectivity index (χ0) is 21.5. The van der Waals surface area contributed by atoms with Gasteiger partial charge in [0.25, 0.3) is 11.8 Å². The predicted octanol–water partition coefficient (Wildman–Crippen LogP) is 5.10. The molecular formula is C25H26N2O3. The highest BCUT2D eigenvalue weighted by molar-refractivity contribution is 6.06. The van der Waals surface area contributed by atoms with Crippen LogP contribution in [0.3, 0.4) is 0 Å². The van der Waals surface area contributed by atoms with E-state index >= 15 is 0 Å². The number of nitrogens with one attached hydrogen (secondary N) is 1. The number of amides is 2. The number of carbonyl (C=O) groups is 2. The van der Waals surface area contributed by atoms with Gasteiger partial charge in [-0.1, -0.05) is 56.3 Å². The van der Waals surface area contributed by atoms with Gasteiger partial charge in [-0.15, -0.1) is 0 Å². The summed E-state index contributed by atoms with van der Waals surface area (Å²) in [6, 6.07) is 24.0. The minimum atomic E-state index is -0.283. The van der Waals surface area contributed by atoms with E-state index in [1.54, 1.807) is 36.2 Å². The fraction of sp³-hybridized carbons (Fsp3) is 0.200. The Balaban J connectivity index is 1.64. The smallest absolute Gasteiger partial charge is 0.262 e. The van der Waals surface area contributed by atoms with E-state index in [0.29, 0.717) is 22.9 Å². The van der Waals surface area contributed by atoms with Crippen molar-refractivity contribution < 1.29 is 14.3 Å². The molecule has 2 amide bonds. The molecule has 3 aromatic rings. The monoisotopic (exact) mass is 402 g/mol. The fourth-order valence-electron chi connectivity index (χ4n) is 3.12. The molecule has 0 heterocycles. The van der Waals surface area contributed by atoms with Gasteiger partial charge in [-0.3, -0.25) is 9.59 Å². The molecule has 0 aromatic heterocycles. The van der Waals surface area contributed by atoms with Crippen LogP contribution in [0.4, 0.5) is 11.4 Å². The highest BCUT2D eigenvalue weighted by Gasteiger charge is 2.14. The van der Waals surface area contributed by atoms with Crippen LogP contribution in [0.15, 0.2) is 78.9 Å². The van der Waals surface area contributed by atoms with Crippen molar-refractivity contribution in [3.05, 3.63) is 90.0 Å². The molecule has 0 saturated heterocycles. The summed E-state index contributed by atoms with van der Waals surface area (Å²) in [5.41, 5.74) is 2.90. The molecule has 5 nitrogen and oxygen atoms in total. The second-order valence-corrected chi connectivity index (χ2v) is 7.31. The molecule has 0 bridgehead atoms. The molecule has 30 heavy (non-hydrogen) atoms. The van der Waals surface area contributed by atoms with E-state index in [2.05, 4.69) is 19.2 Å². The number of rotatable bonds is 7. The Hall–Kier alpha value is -3.60. The Kier molecular flexibility index (Phi) is 6.86. The Bertz CT molecular complexity index is 1020. The van der Waals surface area contributed by atoms with Crippen molar-refractivity contribution in [2.45, 2.75) is 19.8 Å². The molecule has 0 saturated carbocycles. The van der Waals surface area contributed by atoms with Crippen LogP contribution in [0, 0.1) is 0 Å². The number of anilines is 2. The first-order valence-electron chi connectivity index (χ1n) is 9.90. The van der Waals surface area contributed by atoms with Crippen molar-refractivity contribution in [1.82, 2.24) is 0 Å². The zero-order valence-corrected chi connectivity index (χ0v) is 17.5. The molecule has 0 atom stereocenters. The van der Waals surface area contributed by atoms with E-state index < -0.39 is 0 Å². The van der Waals surface area contributed by atoms with Crippen molar-refractivity contribution in [2.75, 3.05) is 23.9 Å². The molecule has 3 rings (SSSR count). The van der Waals surface area contributed by atoms with Crippen molar-refractivity contribution in [3.63, 3.8) is 0 Å². The first-order chi connectivity index (χ1) is 14.5. The van der Waals surface area contributed by atoms with Crippen LogP contribution in [-0.2, 0) is 4.79 Å². The van der Waals surface area contributed by atoms with E-state index in [9.17, 15) is 9.59 Å². The Morgan fingerprint density at radius 1 is 0.933 bits per heavy atom. The van der Waals surface area contributed by atoms with E-state index in [4.69, 9.17) is 4.74 Å². The van der Waals surface area contributed by atoms with E-state index in [1.807, 2.05) is 54.6 Å². The van der Waals surface area contributed by atoms with Gasteiger partial charge < -0.3 is 15.0 Å². The third-order valence-corrected chi connectivity index (χ3v) is 4.74. The molecule has 5 heteroatoms. The number of hydrogen-bond donors (Lipinski definition) is 1. The molecule has 1 N–H and O–H groups in total. The molecule has 0 radical (unpaired) electrons. The summed E-state index contributed by atoms with van der Waals surface area (Å²) in [5, 5.41) is 2.80. The summed E-state index contributed by atoms with van der Waals surface area (Å²) in [4.78, 5) is 26.7. The summed E-state index contributed by atoms with van der Waals surface area (Å²) < 4.78 is 5.72. The SMILES string of the molecule is CC(C)c1ccccc1OCC(=O)Nc1cccc(C(=O)N(C)c2ccccc2)c1. The second-order valence-electron chi connectivity index (χ2n) is 7.31. The molecular weight excluding hydrogens is 376 g/mol. The van der Waals surface area contributed by atoms with Crippen LogP contribution < -0.4 is 15.0 Å². The maximum absolute atomic E-state index is 12.8. The van der Waals surface area contributed by atoms with Crippen molar-refractivity contribution in [1.29, 1.82) is 0 Å². The van der Waals surface area contributed by atoms with Crippen molar-refractivity contribution >= 4 is 23.2 Å². The van der Waals surface area contributed by atoms with E-state index in [-0.39, 0.29) is 18.4 Å². The first-order valence-corrected chi connectivity index (χ1v) is 9.90. The lowest BCUT2D eigenvalue weighted by Crippen LogP contribution is -2.26. The minimum absolute atomic E-state index is 0.105. The summed E-state index contributed by atoms with van der Waals surface area (Å²) in [5.74, 6) is 0.568. The number of nitrogens with zero attached hydrogens (tertiary/aromatic N) is 1. The van der Waals surface area contributed by atoms with Crippen LogP contribution >= 0.6 is 0 Å². The van der Waals surface area contributed by atoms with Gasteiger partial charge in [0.15, 0.2) is 6.61 Å². The van der Waals surface area contributed by atoms with Crippen LogP contribution in [0.2, 0.25) is 0 Å². The van der Waals surface area contributed by atoms with Gasteiger partial charge in [-0.25, -0.2) is 0 Å². The largest absolute Gasteiger partial charge is 0.483 e. The lowest BCUT2D eigenvalue weighted by atomic mass is 10.0. The van der Waals surface area contributed by atoms with Crippen LogP contribution in [0.5, 0.6) is 5.75 Å². The van der Waals surface area contributed by atoms with Gasteiger partial charge in [0, 0.05) is 24.0 Å². The van der Waals surface area contributed by atoms with Crippen LogP contribution in [0.1, 0.15) is 35.7 Å². The maximum Gasteiger partial charge on any atom is 0.262 e. The van der Waals surface area contributed by atoms with Gasteiger partial charge in [0.1, 0.15) is 5.75 Å². The van der Waals surface area contributed by atoms with Gasteiger partial charge in [0.2, 0.25) is 0 Å². The Morgan fingerprint density at radius 2 is 1.63 bits per heavy atom. The first kappa shape index (κ1) is 21.1. The second kappa shape index (κ2) is 9.74. The van der Waals surface area contributed by atoms with Gasteiger partial charge in [-0.2, -0.15) is 0 Å². The van der Waals surface area contributed by atoms with Gasteiger partial charge in [-0.05, 0) is 47.9 Å². The summed E-state index contributed by atoms with van der Waals surface area (Å²) in [6.07, 6.45) is 0. The number of para-hydroxylation sites is 2. The molecule has 0 spiro atoms. The van der Waals surface area contributed by atoms with Crippen molar-refractivity contribution in [2.24, 2.45) is 0 Å². The molecule has 0 unspecified atom stereocenters. The Labute approximate surface area is 177 Å². The van der Waals surface area contributed by atoms with Gasteiger partial charge in [0.05, 0.1) is 0 Å². The number of hydrogen-bond acceptors (Lipinski definition) is 3. The van der Waals surface area contributed by atoms with Crippen molar-refractivity contribution in [3.8, 4) is 5.75 Å². The lowest BCUT2D eigenvalue weighted by molar-refractivity contribution is -0.118. The maximum atomic E-state index is 12.8. The highest BCUT2D eigenvalue weighted by atomic mass is 16.5. The molecule has 0 aliphatic heterocycles. The minimum Gasteiger partial charge on any atom is -0.483 e. The fourth-order valence-corrected chi connectivity index (χ4v) is 3.12. The van der Waals surface area contributed by atoms with E-state index in [0.717, 1.165) is 11.3 Å². The Morgan fingerprint density at radius 3 is 2.37 bits per heavy atom. The normalized spacial score (nSPS) is 10.5. The lowest BCUT2D eigenvalue weighted by Gasteiger charge is -2.18. The van der Waals surface area contributed by atoms with Crippen LogP contribution in [-0.4, -0.2) is 25.5 Å². The standard InChI is InChI=1S/C25H26N2O3/c1-18(2)22-14-7-8-15-23(22)30-17-24(28)26-20-11-9-10-19(16-20)25(29)27(3)21-12-5-4-6-13-21/h4-16,18H,17H2,1-3H3,(H,26,28).